The van der Waals surface area contributed by atoms with Gasteiger partial charge in [0.2, 0.25) is 11.7 Å². The molecule has 0 atom stereocenters. The summed E-state index contributed by atoms with van der Waals surface area (Å²) in [6, 6.07) is 12.5. The number of fused-ring (bicyclic) bond motifs is 3. The minimum Gasteiger partial charge on any atom is -0.325 e. The molecule has 178 valence electrons. The molecule has 5 rings (SSSR count). The molecule has 9 nitrogen and oxygen atoms in total. The highest BCUT2D eigenvalue weighted by atomic mass is 32.2. The molecule has 0 aliphatic heterocycles. The van der Waals surface area contributed by atoms with E-state index in [1.807, 2.05) is 31.2 Å². The molecule has 0 saturated carbocycles. The molecule has 3 aromatic heterocycles. The van der Waals surface area contributed by atoms with Gasteiger partial charge in [0.25, 0.3) is 5.56 Å². The number of anilines is 1. The van der Waals surface area contributed by atoms with Crippen LogP contribution in [0.5, 0.6) is 0 Å². The van der Waals surface area contributed by atoms with Crippen LogP contribution < -0.4 is 10.9 Å². The van der Waals surface area contributed by atoms with E-state index < -0.39 is 0 Å². The molecule has 0 spiro atoms. The van der Waals surface area contributed by atoms with Crippen molar-refractivity contribution in [3.05, 3.63) is 81.5 Å². The SMILES string of the molecule is Cc1ccc(Cn2c(=O)c3c(cnn3C)n3c(SCC(=O)Nc4ccc(C)c(F)c4)nnc23)cc1. The summed E-state index contributed by atoms with van der Waals surface area (Å²) in [6.07, 6.45) is 1.59. The fourth-order valence-electron chi connectivity index (χ4n) is 3.81. The van der Waals surface area contributed by atoms with E-state index in [1.165, 1.54) is 22.5 Å². The van der Waals surface area contributed by atoms with Gasteiger partial charge in [0.05, 0.1) is 18.5 Å². The number of halogens is 1. The molecule has 1 N–H and O–H groups in total. The molecule has 0 aliphatic carbocycles. The highest BCUT2D eigenvalue weighted by molar-refractivity contribution is 7.99. The van der Waals surface area contributed by atoms with E-state index >= 15 is 0 Å². The fraction of sp³-hybridized carbons (Fsp3) is 0.208. The second-order valence-corrected chi connectivity index (χ2v) is 9.24. The lowest BCUT2D eigenvalue weighted by molar-refractivity contribution is -0.113. The van der Waals surface area contributed by atoms with Crippen LogP contribution in [-0.4, -0.2) is 40.6 Å². The predicted molar refractivity (Wildman–Crippen MR) is 132 cm³/mol. The van der Waals surface area contributed by atoms with Gasteiger partial charge in [0, 0.05) is 12.7 Å². The van der Waals surface area contributed by atoms with Crippen LogP contribution in [0.25, 0.3) is 16.8 Å². The molecule has 0 saturated heterocycles. The van der Waals surface area contributed by atoms with Crippen molar-refractivity contribution in [2.75, 3.05) is 11.1 Å². The maximum absolute atomic E-state index is 13.8. The normalized spacial score (nSPS) is 11.4. The molecule has 35 heavy (non-hydrogen) atoms. The lowest BCUT2D eigenvalue weighted by Gasteiger charge is -2.10. The average molecular weight is 492 g/mol. The van der Waals surface area contributed by atoms with Crippen LogP contribution >= 0.6 is 11.8 Å². The van der Waals surface area contributed by atoms with Crippen LogP contribution in [0.4, 0.5) is 10.1 Å². The van der Waals surface area contributed by atoms with Crippen molar-refractivity contribution in [2.45, 2.75) is 25.5 Å². The third kappa shape index (κ3) is 4.30. The number of benzene rings is 2. The van der Waals surface area contributed by atoms with Gasteiger partial charge < -0.3 is 5.32 Å². The lowest BCUT2D eigenvalue weighted by atomic mass is 10.1. The summed E-state index contributed by atoms with van der Waals surface area (Å²) in [4.78, 5) is 25.9. The molecule has 3 heterocycles. The molecule has 0 fully saturated rings. The van der Waals surface area contributed by atoms with Crippen LogP contribution in [0.3, 0.4) is 0 Å². The van der Waals surface area contributed by atoms with Gasteiger partial charge in [-0.15, -0.1) is 10.2 Å². The second kappa shape index (κ2) is 8.99. The van der Waals surface area contributed by atoms with Crippen molar-refractivity contribution >= 4 is 40.2 Å². The molecular weight excluding hydrogens is 469 g/mol. The monoisotopic (exact) mass is 491 g/mol. The Kier molecular flexibility index (Phi) is 5.85. The Bertz CT molecular complexity index is 1640. The average Bonchev–Trinajstić information content (AvgIpc) is 3.42. The van der Waals surface area contributed by atoms with Gasteiger partial charge in [-0.05, 0) is 37.1 Å². The number of aromatic nitrogens is 6. The van der Waals surface area contributed by atoms with Crippen molar-refractivity contribution in [3.8, 4) is 0 Å². The van der Waals surface area contributed by atoms with E-state index in [9.17, 15) is 14.0 Å². The molecule has 5 aromatic rings. The highest BCUT2D eigenvalue weighted by Gasteiger charge is 2.20. The van der Waals surface area contributed by atoms with Crippen LogP contribution in [0.15, 0.2) is 58.6 Å². The smallest absolute Gasteiger partial charge is 0.281 e. The number of hydrogen-bond donors (Lipinski definition) is 1. The first-order chi connectivity index (χ1) is 16.8. The fourth-order valence-corrected chi connectivity index (χ4v) is 4.55. The molecule has 0 unspecified atom stereocenters. The van der Waals surface area contributed by atoms with Gasteiger partial charge in [-0.25, -0.2) is 4.39 Å². The first-order valence-corrected chi connectivity index (χ1v) is 11.8. The van der Waals surface area contributed by atoms with Gasteiger partial charge in [-0.1, -0.05) is 47.7 Å². The molecule has 0 radical (unpaired) electrons. The van der Waals surface area contributed by atoms with Crippen LogP contribution in [-0.2, 0) is 18.4 Å². The van der Waals surface area contributed by atoms with Crippen LogP contribution in [0.2, 0.25) is 0 Å². The van der Waals surface area contributed by atoms with E-state index in [0.29, 0.717) is 39.8 Å². The van der Waals surface area contributed by atoms with E-state index in [-0.39, 0.29) is 23.0 Å². The van der Waals surface area contributed by atoms with Gasteiger partial charge in [-0.3, -0.25) is 23.2 Å². The number of rotatable bonds is 6. The van der Waals surface area contributed by atoms with Gasteiger partial charge in [0.15, 0.2) is 10.7 Å². The van der Waals surface area contributed by atoms with Crippen molar-refractivity contribution in [1.29, 1.82) is 0 Å². The standard InChI is InChI=1S/C24H22FN7O2S/c1-14-4-7-16(8-5-14)12-31-22(34)21-19(11-26-30(21)3)32-23(31)28-29-24(32)35-13-20(33)27-17-9-6-15(2)18(25)10-17/h4-11H,12-13H2,1-3H3,(H,27,33). The molecular formula is C24H22FN7O2S. The molecule has 2 aromatic carbocycles. The number of thioether (sulfide) groups is 1. The van der Waals surface area contributed by atoms with Crippen molar-refractivity contribution in [3.63, 3.8) is 0 Å². The Morgan fingerprint density at radius 2 is 1.89 bits per heavy atom. The Hall–Kier alpha value is -3.99. The zero-order valence-corrected chi connectivity index (χ0v) is 20.1. The van der Waals surface area contributed by atoms with Gasteiger partial charge in [0.1, 0.15) is 11.3 Å². The Morgan fingerprint density at radius 3 is 2.63 bits per heavy atom. The van der Waals surface area contributed by atoms with Crippen molar-refractivity contribution in [2.24, 2.45) is 7.05 Å². The number of carbonyl (C=O) groups excluding carboxylic acids is 1. The number of hydrogen-bond acceptors (Lipinski definition) is 6. The van der Waals surface area contributed by atoms with Crippen molar-refractivity contribution < 1.29 is 9.18 Å². The summed E-state index contributed by atoms with van der Waals surface area (Å²) < 4.78 is 18.6. The summed E-state index contributed by atoms with van der Waals surface area (Å²) in [5.41, 5.74) is 3.70. The first kappa shape index (κ1) is 22.8. The second-order valence-electron chi connectivity index (χ2n) is 8.30. The zero-order valence-electron chi connectivity index (χ0n) is 19.3. The molecule has 0 bridgehead atoms. The number of aryl methyl sites for hydroxylation is 3. The maximum atomic E-state index is 13.8. The molecule has 1 amide bonds. The highest BCUT2D eigenvalue weighted by Crippen LogP contribution is 2.22. The summed E-state index contributed by atoms with van der Waals surface area (Å²) in [7, 11) is 1.71. The Balaban J connectivity index is 1.48. The van der Waals surface area contributed by atoms with Gasteiger partial charge in [-0.2, -0.15) is 5.10 Å². The third-order valence-electron chi connectivity index (χ3n) is 5.72. The molecule has 11 heteroatoms. The summed E-state index contributed by atoms with van der Waals surface area (Å²) >= 11 is 1.17. The minimum atomic E-state index is -0.385. The number of nitrogens with zero attached hydrogens (tertiary/aromatic N) is 6. The van der Waals surface area contributed by atoms with E-state index in [2.05, 4.69) is 20.6 Å². The minimum absolute atomic E-state index is 0.0229. The van der Waals surface area contributed by atoms with Gasteiger partial charge >= 0.3 is 0 Å². The topological polar surface area (TPSA) is 99.1 Å². The summed E-state index contributed by atoms with van der Waals surface area (Å²) in [5.74, 6) is -0.316. The number of amides is 1. The maximum Gasteiger partial charge on any atom is 0.281 e. The van der Waals surface area contributed by atoms with E-state index in [4.69, 9.17) is 0 Å². The quantitative estimate of drug-likeness (QED) is 0.366. The van der Waals surface area contributed by atoms with E-state index in [1.54, 1.807) is 41.3 Å². The Labute approximate surface area is 203 Å². The molecule has 0 aliphatic rings. The lowest BCUT2D eigenvalue weighted by Crippen LogP contribution is -2.25. The number of nitrogens with one attached hydrogen (secondary N) is 1. The van der Waals surface area contributed by atoms with Crippen LogP contribution in [0, 0.1) is 19.7 Å². The Morgan fingerprint density at radius 1 is 1.11 bits per heavy atom. The van der Waals surface area contributed by atoms with Crippen molar-refractivity contribution in [1.82, 2.24) is 28.9 Å². The number of carbonyl (C=O) groups is 1. The summed E-state index contributed by atoms with van der Waals surface area (Å²) in [5, 5.41) is 15.9. The summed E-state index contributed by atoms with van der Waals surface area (Å²) in [6.45, 7) is 3.97. The predicted octanol–water partition coefficient (Wildman–Crippen LogP) is 3.31. The van der Waals surface area contributed by atoms with E-state index in [0.717, 1.165) is 11.1 Å². The van der Waals surface area contributed by atoms with Crippen LogP contribution in [0.1, 0.15) is 16.7 Å². The third-order valence-corrected chi connectivity index (χ3v) is 6.64. The zero-order chi connectivity index (χ0) is 24.7. The largest absolute Gasteiger partial charge is 0.325 e. The first-order valence-electron chi connectivity index (χ1n) is 10.9.